The molecule has 1 aromatic rings. The van der Waals surface area contributed by atoms with Crippen LogP contribution in [0.2, 0.25) is 0 Å². The van der Waals surface area contributed by atoms with Crippen LogP contribution in [-0.4, -0.2) is 11.5 Å². The van der Waals surface area contributed by atoms with E-state index >= 15 is 0 Å². The van der Waals surface area contributed by atoms with Crippen LogP contribution in [0.4, 0.5) is 5.69 Å². The van der Waals surface area contributed by atoms with E-state index in [-0.39, 0.29) is 16.0 Å². The van der Waals surface area contributed by atoms with Gasteiger partial charge in [-0.25, -0.2) is 0 Å². The number of non-ortho nitro benzene ring substituents is 1. The van der Waals surface area contributed by atoms with Crippen molar-refractivity contribution in [3.63, 3.8) is 0 Å². The van der Waals surface area contributed by atoms with Gasteiger partial charge >= 0.3 is 0 Å². The van der Waals surface area contributed by atoms with Crippen LogP contribution in [-0.2, 0) is 6.54 Å². The smallest absolute Gasteiger partial charge is 0.270 e. The highest BCUT2D eigenvalue weighted by Crippen LogP contribution is 2.25. The van der Waals surface area contributed by atoms with Gasteiger partial charge in [-0.3, -0.25) is 10.1 Å². The normalized spacial score (nSPS) is 11.9. The van der Waals surface area contributed by atoms with Crippen molar-refractivity contribution in [2.45, 2.75) is 34.2 Å². The van der Waals surface area contributed by atoms with Crippen LogP contribution < -0.4 is 5.32 Å². The number of nitro benzene ring substituents is 1. The molecule has 0 heterocycles. The van der Waals surface area contributed by atoms with E-state index in [1.807, 2.05) is 6.07 Å². The first-order valence-electron chi connectivity index (χ1n) is 6.37. The molecule has 19 heavy (non-hydrogen) atoms. The van der Waals surface area contributed by atoms with Crippen LogP contribution >= 0.6 is 15.9 Å². The van der Waals surface area contributed by atoms with Crippen molar-refractivity contribution in [3.8, 4) is 0 Å². The third-order valence-corrected chi connectivity index (χ3v) is 4.08. The highest BCUT2D eigenvalue weighted by molar-refractivity contribution is 9.10. The molecule has 0 spiro atoms. The second-order valence-corrected chi connectivity index (χ2v) is 6.74. The monoisotopic (exact) mass is 328 g/mol. The summed E-state index contributed by atoms with van der Waals surface area (Å²) in [6.07, 6.45) is 0. The summed E-state index contributed by atoms with van der Waals surface area (Å²) >= 11 is 3.30. The van der Waals surface area contributed by atoms with Crippen LogP contribution in [0.1, 0.15) is 33.3 Å². The Bertz CT molecular complexity index is 459. The topological polar surface area (TPSA) is 55.2 Å². The summed E-state index contributed by atoms with van der Waals surface area (Å²) in [5, 5.41) is 14.2. The molecule has 1 aromatic carbocycles. The summed E-state index contributed by atoms with van der Waals surface area (Å²) in [7, 11) is 0. The Kier molecular flexibility index (Phi) is 5.50. The van der Waals surface area contributed by atoms with Crippen molar-refractivity contribution in [3.05, 3.63) is 38.3 Å². The predicted molar refractivity (Wildman–Crippen MR) is 81.1 cm³/mol. The Morgan fingerprint density at radius 2 is 2.00 bits per heavy atom. The molecule has 0 saturated heterocycles. The van der Waals surface area contributed by atoms with E-state index < -0.39 is 0 Å². The molecule has 5 heteroatoms. The minimum Gasteiger partial charge on any atom is -0.312 e. The first kappa shape index (κ1) is 16.1. The van der Waals surface area contributed by atoms with Gasteiger partial charge in [0.15, 0.2) is 0 Å². The molecule has 0 fully saturated rings. The van der Waals surface area contributed by atoms with Crippen LogP contribution in [0.5, 0.6) is 0 Å². The van der Waals surface area contributed by atoms with E-state index in [9.17, 15) is 10.1 Å². The summed E-state index contributed by atoms with van der Waals surface area (Å²) in [4.78, 5) is 10.4. The fraction of sp³-hybridized carbons (Fsp3) is 0.571. The number of benzene rings is 1. The molecule has 0 aliphatic heterocycles. The molecule has 0 amide bonds. The third kappa shape index (κ3) is 4.91. The van der Waals surface area contributed by atoms with Crippen LogP contribution in [0.3, 0.4) is 0 Å². The van der Waals surface area contributed by atoms with Gasteiger partial charge in [0, 0.05) is 29.7 Å². The lowest BCUT2D eigenvalue weighted by Crippen LogP contribution is -2.33. The van der Waals surface area contributed by atoms with E-state index in [0.717, 1.165) is 16.6 Å². The summed E-state index contributed by atoms with van der Waals surface area (Å²) in [6, 6.07) is 5.03. The minimum absolute atomic E-state index is 0.120. The van der Waals surface area contributed by atoms with Crippen LogP contribution in [0.15, 0.2) is 22.7 Å². The number of rotatable bonds is 6. The van der Waals surface area contributed by atoms with Gasteiger partial charge in [-0.2, -0.15) is 0 Å². The number of nitro groups is 1. The molecular weight excluding hydrogens is 308 g/mol. The van der Waals surface area contributed by atoms with E-state index in [4.69, 9.17) is 0 Å². The predicted octanol–water partition coefficient (Wildman–Crippen LogP) is 4.13. The Labute approximate surface area is 122 Å². The number of hydrogen-bond acceptors (Lipinski definition) is 3. The molecule has 4 nitrogen and oxygen atoms in total. The van der Waals surface area contributed by atoms with Gasteiger partial charge in [0.2, 0.25) is 0 Å². The highest BCUT2D eigenvalue weighted by Gasteiger charge is 2.21. The fourth-order valence-corrected chi connectivity index (χ4v) is 2.10. The Morgan fingerprint density at radius 3 is 2.53 bits per heavy atom. The Hall–Kier alpha value is -0.940. The second-order valence-electron chi connectivity index (χ2n) is 5.82. The number of hydrogen-bond donors (Lipinski definition) is 1. The summed E-state index contributed by atoms with van der Waals surface area (Å²) < 4.78 is 0.738. The second kappa shape index (κ2) is 6.48. The molecule has 1 N–H and O–H groups in total. The quantitative estimate of drug-likeness (QED) is 0.631. The van der Waals surface area contributed by atoms with Gasteiger partial charge < -0.3 is 5.32 Å². The van der Waals surface area contributed by atoms with E-state index in [2.05, 4.69) is 48.9 Å². The molecule has 0 aliphatic rings. The van der Waals surface area contributed by atoms with Gasteiger partial charge in [-0.1, -0.05) is 43.6 Å². The average Bonchev–Trinajstić information content (AvgIpc) is 2.27. The summed E-state index contributed by atoms with van der Waals surface area (Å²) in [5.74, 6) is 0.580. The lowest BCUT2D eigenvalue weighted by Gasteiger charge is -2.29. The Morgan fingerprint density at radius 1 is 1.37 bits per heavy atom. The lowest BCUT2D eigenvalue weighted by molar-refractivity contribution is -0.385. The van der Waals surface area contributed by atoms with Gasteiger partial charge in [-0.15, -0.1) is 0 Å². The zero-order chi connectivity index (χ0) is 14.6. The molecule has 1 rings (SSSR count). The first-order valence-corrected chi connectivity index (χ1v) is 7.16. The van der Waals surface area contributed by atoms with Gasteiger partial charge in [0.05, 0.1) is 4.92 Å². The lowest BCUT2D eigenvalue weighted by atomic mass is 9.81. The minimum atomic E-state index is -0.369. The van der Waals surface area contributed by atoms with Gasteiger partial charge in [0.1, 0.15) is 0 Å². The maximum atomic E-state index is 10.8. The SMILES string of the molecule is CC(C)C(C)(C)CNCc1cc(Br)cc([N+](=O)[O-])c1. The van der Waals surface area contributed by atoms with Crippen LogP contribution in [0.25, 0.3) is 0 Å². The van der Waals surface area contributed by atoms with Crippen molar-refractivity contribution >= 4 is 21.6 Å². The zero-order valence-electron chi connectivity index (χ0n) is 11.9. The first-order chi connectivity index (χ1) is 8.72. The summed E-state index contributed by atoms with van der Waals surface area (Å²) in [5.41, 5.74) is 1.24. The maximum Gasteiger partial charge on any atom is 0.270 e. The molecular formula is C14H21BrN2O2. The summed E-state index contributed by atoms with van der Waals surface area (Å²) in [6.45, 7) is 10.3. The highest BCUT2D eigenvalue weighted by atomic mass is 79.9. The molecule has 0 unspecified atom stereocenters. The van der Waals surface area contributed by atoms with Gasteiger partial charge in [-0.05, 0) is 23.0 Å². The van der Waals surface area contributed by atoms with Crippen molar-refractivity contribution in [2.75, 3.05) is 6.54 Å². The molecule has 106 valence electrons. The number of halogens is 1. The fourth-order valence-electron chi connectivity index (χ4n) is 1.57. The van der Waals surface area contributed by atoms with E-state index in [0.29, 0.717) is 12.5 Å². The number of nitrogens with zero attached hydrogens (tertiary/aromatic N) is 1. The molecule has 0 aliphatic carbocycles. The Balaban J connectivity index is 2.66. The maximum absolute atomic E-state index is 10.8. The molecule has 0 bridgehead atoms. The molecule has 0 radical (unpaired) electrons. The standard InChI is InChI=1S/C14H21BrN2O2/c1-10(2)14(3,4)9-16-8-11-5-12(15)7-13(6-11)17(18)19/h5-7,10,16H,8-9H2,1-4H3. The molecule has 0 atom stereocenters. The van der Waals surface area contributed by atoms with Crippen LogP contribution in [0, 0.1) is 21.4 Å². The van der Waals surface area contributed by atoms with Crippen molar-refractivity contribution in [2.24, 2.45) is 11.3 Å². The van der Waals surface area contributed by atoms with Crippen molar-refractivity contribution in [1.82, 2.24) is 5.32 Å². The number of nitrogens with one attached hydrogen (secondary N) is 1. The largest absolute Gasteiger partial charge is 0.312 e. The molecule has 0 aromatic heterocycles. The van der Waals surface area contributed by atoms with E-state index in [1.165, 1.54) is 6.07 Å². The average molecular weight is 329 g/mol. The third-order valence-electron chi connectivity index (χ3n) is 3.63. The van der Waals surface area contributed by atoms with Crippen molar-refractivity contribution in [1.29, 1.82) is 0 Å². The zero-order valence-corrected chi connectivity index (χ0v) is 13.5. The van der Waals surface area contributed by atoms with Gasteiger partial charge in [0.25, 0.3) is 5.69 Å². The van der Waals surface area contributed by atoms with E-state index in [1.54, 1.807) is 6.07 Å². The van der Waals surface area contributed by atoms with Crippen molar-refractivity contribution < 1.29 is 4.92 Å². The molecule has 0 saturated carbocycles.